The van der Waals surface area contributed by atoms with Crippen LogP contribution in [0.25, 0.3) is 0 Å². The van der Waals surface area contributed by atoms with Gasteiger partial charge in [0, 0.05) is 38.8 Å². The number of halogens is 2. The van der Waals surface area contributed by atoms with Gasteiger partial charge in [-0.3, -0.25) is 9.69 Å². The van der Waals surface area contributed by atoms with Crippen molar-refractivity contribution >= 4 is 5.91 Å². The zero-order valence-corrected chi connectivity index (χ0v) is 12.2. The summed E-state index contributed by atoms with van der Waals surface area (Å²) < 4.78 is 26.0. The highest BCUT2D eigenvalue weighted by Crippen LogP contribution is 2.12. The third kappa shape index (κ3) is 3.98. The summed E-state index contributed by atoms with van der Waals surface area (Å²) in [4.78, 5) is 16.2. The Kier molecular flexibility index (Phi) is 5.25. The molecule has 1 aromatic rings. The molecule has 2 N–H and O–H groups in total. The molecule has 0 radical (unpaired) electrons. The summed E-state index contributed by atoms with van der Waals surface area (Å²) in [6.45, 7) is 5.55. The Bertz CT molecular complexity index is 502. The van der Waals surface area contributed by atoms with Crippen LogP contribution >= 0.6 is 0 Å². The van der Waals surface area contributed by atoms with Gasteiger partial charge in [-0.2, -0.15) is 0 Å². The molecule has 1 aliphatic heterocycles. The Morgan fingerprint density at radius 2 is 1.90 bits per heavy atom. The van der Waals surface area contributed by atoms with Crippen molar-refractivity contribution < 1.29 is 13.6 Å². The minimum absolute atomic E-state index is 0.0546. The first kappa shape index (κ1) is 15.9. The summed E-state index contributed by atoms with van der Waals surface area (Å²) in [5.41, 5.74) is 6.13. The molecule has 116 valence electrons. The lowest BCUT2D eigenvalue weighted by atomic mass is 10.1. The number of nitrogens with zero attached hydrogens (tertiary/aromatic N) is 2. The van der Waals surface area contributed by atoms with Crippen LogP contribution in [0.5, 0.6) is 0 Å². The minimum atomic E-state index is -0.915. The molecule has 0 saturated carbocycles. The van der Waals surface area contributed by atoms with Crippen LogP contribution in [0.1, 0.15) is 12.5 Å². The summed E-state index contributed by atoms with van der Waals surface area (Å²) in [7, 11) is 0. The number of hydrogen-bond acceptors (Lipinski definition) is 3. The summed E-state index contributed by atoms with van der Waals surface area (Å²) in [6, 6.07) is 3.90. The molecular formula is C15H21F2N3O. The van der Waals surface area contributed by atoms with E-state index in [0.29, 0.717) is 31.2 Å². The van der Waals surface area contributed by atoms with E-state index in [1.807, 2.05) is 0 Å². The average molecular weight is 297 g/mol. The maximum Gasteiger partial charge on any atom is 0.227 e. The smallest absolute Gasteiger partial charge is 0.227 e. The topological polar surface area (TPSA) is 49.6 Å². The average Bonchev–Trinajstić information content (AvgIpc) is 2.50. The van der Waals surface area contributed by atoms with Gasteiger partial charge in [0.15, 0.2) is 11.6 Å². The fraction of sp³-hybridized carbons (Fsp3) is 0.533. The molecule has 0 aliphatic carbocycles. The van der Waals surface area contributed by atoms with Crippen LogP contribution in [-0.4, -0.2) is 54.5 Å². The monoisotopic (exact) mass is 297 g/mol. The van der Waals surface area contributed by atoms with Crippen molar-refractivity contribution in [3.63, 3.8) is 0 Å². The Hall–Kier alpha value is -1.53. The predicted molar refractivity (Wildman–Crippen MR) is 76.7 cm³/mol. The normalized spacial score (nSPS) is 17.8. The molecule has 0 bridgehead atoms. The van der Waals surface area contributed by atoms with E-state index in [2.05, 4.69) is 11.8 Å². The Morgan fingerprint density at radius 3 is 2.48 bits per heavy atom. The summed E-state index contributed by atoms with van der Waals surface area (Å²) in [5, 5.41) is 0. The standard InChI is InChI=1S/C15H21F2N3O/c1-11(10-18)19-4-6-20(7-5-19)15(21)9-12-2-3-13(16)14(17)8-12/h2-3,8,11H,4-7,9-10,18H2,1H3. The van der Waals surface area contributed by atoms with Crippen LogP contribution in [-0.2, 0) is 11.2 Å². The van der Waals surface area contributed by atoms with Gasteiger partial charge in [0.2, 0.25) is 5.91 Å². The Labute approximate surface area is 123 Å². The molecule has 0 aromatic heterocycles. The zero-order chi connectivity index (χ0) is 15.4. The first-order chi connectivity index (χ1) is 10.0. The van der Waals surface area contributed by atoms with Gasteiger partial charge >= 0.3 is 0 Å². The van der Waals surface area contributed by atoms with E-state index in [1.165, 1.54) is 6.07 Å². The van der Waals surface area contributed by atoms with E-state index in [4.69, 9.17) is 5.73 Å². The van der Waals surface area contributed by atoms with E-state index in [1.54, 1.807) is 4.90 Å². The summed E-state index contributed by atoms with van der Waals surface area (Å²) in [5.74, 6) is -1.86. The Balaban J connectivity index is 1.88. The zero-order valence-electron chi connectivity index (χ0n) is 12.2. The van der Waals surface area contributed by atoms with Crippen molar-refractivity contribution in [2.24, 2.45) is 5.73 Å². The van der Waals surface area contributed by atoms with E-state index < -0.39 is 11.6 Å². The highest BCUT2D eigenvalue weighted by molar-refractivity contribution is 5.78. The quantitative estimate of drug-likeness (QED) is 0.902. The van der Waals surface area contributed by atoms with Crippen molar-refractivity contribution in [1.29, 1.82) is 0 Å². The molecule has 1 fully saturated rings. The molecular weight excluding hydrogens is 276 g/mol. The third-order valence-corrected chi connectivity index (χ3v) is 3.97. The number of amides is 1. The number of benzene rings is 1. The maximum atomic E-state index is 13.1. The second-order valence-corrected chi connectivity index (χ2v) is 5.43. The van der Waals surface area contributed by atoms with E-state index in [-0.39, 0.29) is 12.3 Å². The molecule has 1 atom stereocenters. The number of nitrogens with two attached hydrogens (primary N) is 1. The van der Waals surface area contributed by atoms with Crippen LogP contribution < -0.4 is 5.73 Å². The molecule has 1 heterocycles. The number of hydrogen-bond donors (Lipinski definition) is 1. The minimum Gasteiger partial charge on any atom is -0.340 e. The van der Waals surface area contributed by atoms with Crippen LogP contribution in [0.4, 0.5) is 8.78 Å². The van der Waals surface area contributed by atoms with Gasteiger partial charge in [0.1, 0.15) is 0 Å². The maximum absolute atomic E-state index is 13.1. The van der Waals surface area contributed by atoms with Crippen LogP contribution in [0.2, 0.25) is 0 Å². The lowest BCUT2D eigenvalue weighted by Crippen LogP contribution is -2.53. The third-order valence-electron chi connectivity index (χ3n) is 3.97. The lowest BCUT2D eigenvalue weighted by Gasteiger charge is -2.37. The molecule has 1 saturated heterocycles. The van der Waals surface area contributed by atoms with Gasteiger partial charge in [0.25, 0.3) is 0 Å². The van der Waals surface area contributed by atoms with Gasteiger partial charge in [-0.15, -0.1) is 0 Å². The molecule has 2 rings (SSSR count). The fourth-order valence-electron chi connectivity index (χ4n) is 2.50. The second kappa shape index (κ2) is 6.95. The molecule has 21 heavy (non-hydrogen) atoms. The first-order valence-electron chi connectivity index (χ1n) is 7.17. The Morgan fingerprint density at radius 1 is 1.24 bits per heavy atom. The van der Waals surface area contributed by atoms with Crippen molar-refractivity contribution in [3.8, 4) is 0 Å². The summed E-state index contributed by atoms with van der Waals surface area (Å²) in [6.07, 6.45) is 0.101. The van der Waals surface area contributed by atoms with E-state index in [9.17, 15) is 13.6 Å². The second-order valence-electron chi connectivity index (χ2n) is 5.43. The largest absolute Gasteiger partial charge is 0.340 e. The lowest BCUT2D eigenvalue weighted by molar-refractivity contribution is -0.132. The van der Waals surface area contributed by atoms with Gasteiger partial charge in [0.05, 0.1) is 6.42 Å². The molecule has 6 heteroatoms. The number of piperazine rings is 1. The molecule has 1 unspecified atom stereocenters. The van der Waals surface area contributed by atoms with E-state index >= 15 is 0 Å². The van der Waals surface area contributed by atoms with Gasteiger partial charge in [-0.1, -0.05) is 6.07 Å². The van der Waals surface area contributed by atoms with Gasteiger partial charge in [-0.05, 0) is 24.6 Å². The van der Waals surface area contributed by atoms with E-state index in [0.717, 1.165) is 25.2 Å². The SMILES string of the molecule is CC(CN)N1CCN(C(=O)Cc2ccc(F)c(F)c2)CC1. The van der Waals surface area contributed by atoms with Crippen molar-refractivity contribution in [1.82, 2.24) is 9.80 Å². The highest BCUT2D eigenvalue weighted by Gasteiger charge is 2.23. The molecule has 1 amide bonds. The van der Waals surface area contributed by atoms with Gasteiger partial charge < -0.3 is 10.6 Å². The van der Waals surface area contributed by atoms with Crippen molar-refractivity contribution in [3.05, 3.63) is 35.4 Å². The number of rotatable bonds is 4. The van der Waals surface area contributed by atoms with Crippen LogP contribution in [0.15, 0.2) is 18.2 Å². The van der Waals surface area contributed by atoms with Gasteiger partial charge in [-0.25, -0.2) is 8.78 Å². The van der Waals surface area contributed by atoms with Crippen molar-refractivity contribution in [2.45, 2.75) is 19.4 Å². The number of carbonyl (C=O) groups is 1. The highest BCUT2D eigenvalue weighted by atomic mass is 19.2. The van der Waals surface area contributed by atoms with Crippen molar-refractivity contribution in [2.75, 3.05) is 32.7 Å². The first-order valence-corrected chi connectivity index (χ1v) is 7.17. The van der Waals surface area contributed by atoms with Crippen LogP contribution in [0, 0.1) is 11.6 Å². The van der Waals surface area contributed by atoms with Crippen LogP contribution in [0.3, 0.4) is 0 Å². The molecule has 1 aromatic carbocycles. The molecule has 4 nitrogen and oxygen atoms in total. The molecule has 0 spiro atoms. The number of carbonyl (C=O) groups excluding carboxylic acids is 1. The molecule has 1 aliphatic rings. The summed E-state index contributed by atoms with van der Waals surface area (Å²) >= 11 is 0. The predicted octanol–water partition coefficient (Wildman–Crippen LogP) is 0.999. The fourth-order valence-corrected chi connectivity index (χ4v) is 2.50.